The van der Waals surface area contributed by atoms with Crippen LogP contribution in [0.5, 0.6) is 5.75 Å². The molecule has 3 fully saturated rings. The van der Waals surface area contributed by atoms with Gasteiger partial charge in [0.2, 0.25) is 5.95 Å². The predicted octanol–water partition coefficient (Wildman–Crippen LogP) is 6.18. The zero-order valence-electron chi connectivity index (χ0n) is 24.4. The van der Waals surface area contributed by atoms with Gasteiger partial charge in [0.1, 0.15) is 16.9 Å². The smallest absolute Gasteiger partial charge is 0.410 e. The fourth-order valence-corrected chi connectivity index (χ4v) is 6.66. The summed E-state index contributed by atoms with van der Waals surface area (Å²) in [6.45, 7) is 16.8. The lowest BCUT2D eigenvalue weighted by Gasteiger charge is -2.53. The van der Waals surface area contributed by atoms with Crippen LogP contribution in [0.15, 0.2) is 10.5 Å². The van der Waals surface area contributed by atoms with E-state index in [2.05, 4.69) is 38.0 Å². The number of benzene rings is 1. The largest absolute Gasteiger partial charge is 0.490 e. The number of rotatable bonds is 6. The van der Waals surface area contributed by atoms with Gasteiger partial charge in [-0.15, -0.1) is 0 Å². The van der Waals surface area contributed by atoms with Gasteiger partial charge in [-0.05, 0) is 81.9 Å². The fourth-order valence-electron chi connectivity index (χ4n) is 6.05. The quantitative estimate of drug-likeness (QED) is 0.402. The van der Waals surface area contributed by atoms with Crippen LogP contribution in [0.3, 0.4) is 0 Å². The highest BCUT2D eigenvalue weighted by atomic mass is 79.9. The lowest BCUT2D eigenvalue weighted by Crippen LogP contribution is -2.62. The molecule has 3 saturated heterocycles. The standard InChI is InChI=1S/C29H42BrClN6O3/c1-6-35-12-8-19(9-13-35)32-26-33-23-20(16-21(31)22(30)24(23)39-7-2)25(34-26)36-14-10-29(11-15-36)17-37(18-29)27(38)40-28(3,4)5/h16,19H,6-15,17-18H2,1-5H3,(H,32,33,34). The summed E-state index contributed by atoms with van der Waals surface area (Å²) >= 11 is 10.3. The molecule has 3 aliphatic rings. The van der Waals surface area contributed by atoms with Gasteiger partial charge in [-0.1, -0.05) is 18.5 Å². The number of carbonyl (C=O) groups is 1. The Morgan fingerprint density at radius 2 is 1.82 bits per heavy atom. The number of amides is 1. The van der Waals surface area contributed by atoms with Crippen molar-refractivity contribution in [1.82, 2.24) is 19.8 Å². The normalized spacial score (nSPS) is 20.1. The van der Waals surface area contributed by atoms with Gasteiger partial charge in [-0.2, -0.15) is 4.98 Å². The molecule has 0 radical (unpaired) electrons. The van der Waals surface area contributed by atoms with Crippen molar-refractivity contribution >= 4 is 56.3 Å². The van der Waals surface area contributed by atoms with E-state index in [9.17, 15) is 4.79 Å². The van der Waals surface area contributed by atoms with Crippen LogP contribution < -0.4 is 15.0 Å². The molecule has 1 aromatic heterocycles. The average molecular weight is 638 g/mol. The Morgan fingerprint density at radius 1 is 1.15 bits per heavy atom. The van der Waals surface area contributed by atoms with Gasteiger partial charge in [0.15, 0.2) is 5.75 Å². The van der Waals surface area contributed by atoms with Crippen LogP contribution in [0.1, 0.15) is 60.3 Å². The molecular weight excluding hydrogens is 596 g/mol. The highest BCUT2D eigenvalue weighted by molar-refractivity contribution is 9.10. The van der Waals surface area contributed by atoms with Crippen molar-refractivity contribution in [3.63, 3.8) is 0 Å². The first-order valence-electron chi connectivity index (χ1n) is 14.5. The molecule has 0 bridgehead atoms. The zero-order chi connectivity index (χ0) is 28.7. The number of piperidine rings is 2. The van der Waals surface area contributed by atoms with Crippen molar-refractivity contribution in [2.75, 3.05) is 62.6 Å². The van der Waals surface area contributed by atoms with Crippen molar-refractivity contribution < 1.29 is 14.3 Å². The minimum Gasteiger partial charge on any atom is -0.490 e. The minimum absolute atomic E-state index is 0.141. The number of carbonyl (C=O) groups excluding carboxylic acids is 1. The molecule has 1 spiro atoms. The van der Waals surface area contributed by atoms with Gasteiger partial charge in [-0.3, -0.25) is 0 Å². The van der Waals surface area contributed by atoms with E-state index in [-0.39, 0.29) is 11.5 Å². The lowest BCUT2D eigenvalue weighted by molar-refractivity contribution is -0.0434. The number of hydrogen-bond acceptors (Lipinski definition) is 8. The number of anilines is 2. The van der Waals surface area contributed by atoms with E-state index in [0.717, 1.165) is 88.2 Å². The second-order valence-electron chi connectivity index (χ2n) is 12.4. The molecule has 9 nitrogen and oxygen atoms in total. The molecule has 0 saturated carbocycles. The topological polar surface area (TPSA) is 83.1 Å². The third kappa shape index (κ3) is 6.23. The molecule has 3 aliphatic heterocycles. The number of nitrogens with one attached hydrogen (secondary N) is 1. The van der Waals surface area contributed by atoms with Gasteiger partial charge < -0.3 is 29.5 Å². The molecule has 1 amide bonds. The maximum Gasteiger partial charge on any atom is 0.410 e. The average Bonchev–Trinajstić information content (AvgIpc) is 2.89. The van der Waals surface area contributed by atoms with Crippen molar-refractivity contribution in [3.05, 3.63) is 15.6 Å². The number of aromatic nitrogens is 2. The van der Waals surface area contributed by atoms with Crippen molar-refractivity contribution in [1.29, 1.82) is 0 Å². The van der Waals surface area contributed by atoms with Crippen LogP contribution in [0.4, 0.5) is 16.6 Å². The molecule has 0 aliphatic carbocycles. The third-order valence-electron chi connectivity index (χ3n) is 8.31. The van der Waals surface area contributed by atoms with Gasteiger partial charge in [0, 0.05) is 56.1 Å². The molecule has 11 heteroatoms. The minimum atomic E-state index is -0.480. The van der Waals surface area contributed by atoms with Gasteiger partial charge in [0.05, 0.1) is 16.1 Å². The van der Waals surface area contributed by atoms with E-state index in [1.54, 1.807) is 0 Å². The van der Waals surface area contributed by atoms with Crippen LogP contribution in [0.2, 0.25) is 5.02 Å². The summed E-state index contributed by atoms with van der Waals surface area (Å²) in [5.41, 5.74) is 0.422. The van der Waals surface area contributed by atoms with Gasteiger partial charge in [-0.25, -0.2) is 9.78 Å². The van der Waals surface area contributed by atoms with Gasteiger partial charge >= 0.3 is 6.09 Å². The summed E-state index contributed by atoms with van der Waals surface area (Å²) in [6.07, 6.45) is 3.88. The molecule has 220 valence electrons. The number of fused-ring (bicyclic) bond motifs is 1. The predicted molar refractivity (Wildman–Crippen MR) is 164 cm³/mol. The summed E-state index contributed by atoms with van der Waals surface area (Å²) in [7, 11) is 0. The van der Waals surface area contributed by atoms with E-state index >= 15 is 0 Å². The monoisotopic (exact) mass is 636 g/mol. The zero-order valence-corrected chi connectivity index (χ0v) is 26.7. The Bertz CT molecular complexity index is 1230. The Labute approximate surface area is 251 Å². The Kier molecular flexibility index (Phi) is 8.60. The van der Waals surface area contributed by atoms with Crippen LogP contribution in [0, 0.1) is 5.41 Å². The lowest BCUT2D eigenvalue weighted by atomic mass is 9.72. The molecular formula is C29H42BrClN6O3. The number of ether oxygens (including phenoxy) is 2. The summed E-state index contributed by atoms with van der Waals surface area (Å²) in [6, 6.07) is 2.28. The first-order valence-corrected chi connectivity index (χ1v) is 15.7. The Morgan fingerprint density at radius 3 is 2.42 bits per heavy atom. The van der Waals surface area contributed by atoms with Crippen molar-refractivity contribution in [2.24, 2.45) is 5.41 Å². The first-order chi connectivity index (χ1) is 19.0. The fraction of sp³-hybridized carbons (Fsp3) is 0.690. The van der Waals surface area contributed by atoms with E-state index < -0.39 is 5.60 Å². The van der Waals surface area contributed by atoms with Crippen LogP contribution in [-0.2, 0) is 4.74 Å². The van der Waals surface area contributed by atoms with E-state index in [1.807, 2.05) is 38.7 Å². The summed E-state index contributed by atoms with van der Waals surface area (Å²) in [5.74, 6) is 2.16. The second kappa shape index (κ2) is 11.7. The maximum atomic E-state index is 12.5. The number of nitrogens with zero attached hydrogens (tertiary/aromatic N) is 5. The van der Waals surface area contributed by atoms with Crippen LogP contribution >= 0.6 is 27.5 Å². The van der Waals surface area contributed by atoms with Crippen molar-refractivity contribution in [3.8, 4) is 5.75 Å². The van der Waals surface area contributed by atoms with Crippen molar-refractivity contribution in [2.45, 2.75) is 71.9 Å². The van der Waals surface area contributed by atoms with Crippen LogP contribution in [0.25, 0.3) is 10.9 Å². The van der Waals surface area contributed by atoms with Gasteiger partial charge in [0.25, 0.3) is 0 Å². The Hall–Kier alpha value is -2.04. The number of likely N-dealkylation sites (tertiary alicyclic amines) is 2. The van der Waals surface area contributed by atoms with E-state index in [0.29, 0.717) is 33.8 Å². The molecule has 4 heterocycles. The Balaban J connectivity index is 1.38. The molecule has 0 atom stereocenters. The van der Waals surface area contributed by atoms with E-state index in [4.69, 9.17) is 31.0 Å². The summed E-state index contributed by atoms with van der Waals surface area (Å²) < 4.78 is 12.3. The highest BCUT2D eigenvalue weighted by Gasteiger charge is 2.48. The summed E-state index contributed by atoms with van der Waals surface area (Å²) in [5, 5.41) is 5.11. The first kappa shape index (κ1) is 29.5. The number of hydrogen-bond donors (Lipinski definition) is 1. The molecule has 5 rings (SSSR count). The molecule has 40 heavy (non-hydrogen) atoms. The van der Waals surface area contributed by atoms with E-state index in [1.165, 1.54) is 0 Å². The van der Waals surface area contributed by atoms with Crippen LogP contribution in [-0.4, -0.2) is 89.9 Å². The SMILES string of the molecule is CCOc1c(Br)c(Cl)cc2c(N3CCC4(CC3)CN(C(=O)OC(C)(C)C)C4)nc(NC3CCN(CC)CC3)nc12. The summed E-state index contributed by atoms with van der Waals surface area (Å²) in [4.78, 5) is 29.2. The second-order valence-corrected chi connectivity index (χ2v) is 13.6. The third-order valence-corrected chi connectivity index (χ3v) is 9.62. The molecule has 2 aromatic rings. The maximum absolute atomic E-state index is 12.5. The molecule has 1 aromatic carbocycles. The molecule has 1 N–H and O–H groups in total. The number of halogens is 2. The molecule has 0 unspecified atom stereocenters. The highest BCUT2D eigenvalue weighted by Crippen LogP contribution is 2.45.